The SMILES string of the molecule is Fc1ccc(-c2cn3cccc4c3c2CCC4)cc1. The van der Waals surface area contributed by atoms with E-state index in [1.54, 1.807) is 0 Å². The topological polar surface area (TPSA) is 4.41 Å². The Bertz CT molecular complexity index is 753. The van der Waals surface area contributed by atoms with Crippen molar-refractivity contribution in [3.63, 3.8) is 0 Å². The first-order chi connectivity index (χ1) is 9.33. The van der Waals surface area contributed by atoms with Crippen molar-refractivity contribution in [1.29, 1.82) is 0 Å². The van der Waals surface area contributed by atoms with E-state index in [4.69, 9.17) is 0 Å². The van der Waals surface area contributed by atoms with Crippen molar-refractivity contribution in [1.82, 2.24) is 4.40 Å². The number of halogens is 1. The summed E-state index contributed by atoms with van der Waals surface area (Å²) in [6.07, 6.45) is 7.74. The molecule has 0 N–H and O–H groups in total. The lowest BCUT2D eigenvalue weighted by molar-refractivity contribution is 0.628. The Morgan fingerprint density at radius 2 is 1.84 bits per heavy atom. The fourth-order valence-corrected chi connectivity index (χ4v) is 3.16. The van der Waals surface area contributed by atoms with Crippen LogP contribution in [0.4, 0.5) is 4.39 Å². The number of hydrogen-bond acceptors (Lipinski definition) is 0. The minimum atomic E-state index is -0.179. The zero-order valence-corrected chi connectivity index (χ0v) is 10.6. The molecule has 0 amide bonds. The van der Waals surface area contributed by atoms with Crippen molar-refractivity contribution in [3.05, 3.63) is 65.7 Å². The second-order valence-electron chi connectivity index (χ2n) is 5.17. The lowest BCUT2D eigenvalue weighted by Gasteiger charge is -2.14. The Labute approximate surface area is 111 Å². The van der Waals surface area contributed by atoms with Gasteiger partial charge in [0.15, 0.2) is 0 Å². The molecule has 1 aliphatic carbocycles. The van der Waals surface area contributed by atoms with E-state index in [2.05, 4.69) is 28.9 Å². The van der Waals surface area contributed by atoms with Gasteiger partial charge in [-0.25, -0.2) is 4.39 Å². The third-order valence-electron chi connectivity index (χ3n) is 4.01. The zero-order chi connectivity index (χ0) is 12.8. The average Bonchev–Trinajstić information content (AvgIpc) is 2.82. The van der Waals surface area contributed by atoms with E-state index in [1.807, 2.05) is 12.1 Å². The number of aromatic nitrogens is 1. The van der Waals surface area contributed by atoms with Crippen molar-refractivity contribution in [2.24, 2.45) is 0 Å². The molecule has 3 aromatic rings. The van der Waals surface area contributed by atoms with Gasteiger partial charge in [-0.05, 0) is 54.2 Å². The van der Waals surface area contributed by atoms with E-state index in [1.165, 1.54) is 40.8 Å². The first kappa shape index (κ1) is 10.8. The molecule has 0 saturated carbocycles. The van der Waals surface area contributed by atoms with Crippen molar-refractivity contribution >= 4 is 5.52 Å². The normalized spacial score (nSPS) is 13.9. The van der Waals surface area contributed by atoms with Gasteiger partial charge in [0.25, 0.3) is 0 Å². The molecular weight excluding hydrogens is 237 g/mol. The largest absolute Gasteiger partial charge is 0.323 e. The summed E-state index contributed by atoms with van der Waals surface area (Å²) in [5.41, 5.74) is 6.54. The highest BCUT2D eigenvalue weighted by molar-refractivity contribution is 5.79. The highest BCUT2D eigenvalue weighted by Crippen LogP contribution is 2.35. The van der Waals surface area contributed by atoms with E-state index in [0.717, 1.165) is 18.4 Å². The Hall–Kier alpha value is -2.09. The molecule has 2 heteroatoms. The number of aryl methyl sites for hydroxylation is 2. The summed E-state index contributed by atoms with van der Waals surface area (Å²) in [5, 5.41) is 0. The number of nitrogens with zero attached hydrogens (tertiary/aromatic N) is 1. The van der Waals surface area contributed by atoms with Crippen LogP contribution >= 0.6 is 0 Å². The zero-order valence-electron chi connectivity index (χ0n) is 10.6. The van der Waals surface area contributed by atoms with Gasteiger partial charge >= 0.3 is 0 Å². The van der Waals surface area contributed by atoms with Crippen LogP contribution in [0.1, 0.15) is 17.5 Å². The van der Waals surface area contributed by atoms with Crippen LogP contribution in [0.25, 0.3) is 16.6 Å². The predicted octanol–water partition coefficient (Wildman–Crippen LogP) is 4.23. The van der Waals surface area contributed by atoms with Gasteiger partial charge in [0.2, 0.25) is 0 Å². The summed E-state index contributed by atoms with van der Waals surface area (Å²) in [7, 11) is 0. The monoisotopic (exact) mass is 251 g/mol. The summed E-state index contributed by atoms with van der Waals surface area (Å²) in [5.74, 6) is -0.179. The molecule has 1 aromatic carbocycles. The molecule has 4 rings (SSSR count). The Morgan fingerprint density at radius 3 is 2.68 bits per heavy atom. The number of benzene rings is 1. The molecule has 94 valence electrons. The maximum atomic E-state index is 13.1. The van der Waals surface area contributed by atoms with Gasteiger partial charge in [-0.1, -0.05) is 18.2 Å². The smallest absolute Gasteiger partial charge is 0.123 e. The first-order valence-electron chi connectivity index (χ1n) is 6.70. The molecule has 0 unspecified atom stereocenters. The predicted molar refractivity (Wildman–Crippen MR) is 74.8 cm³/mol. The summed E-state index contributed by atoms with van der Waals surface area (Å²) in [4.78, 5) is 0. The summed E-state index contributed by atoms with van der Waals surface area (Å²) >= 11 is 0. The van der Waals surface area contributed by atoms with Crippen LogP contribution in [0.15, 0.2) is 48.8 Å². The van der Waals surface area contributed by atoms with Gasteiger partial charge in [-0.15, -0.1) is 0 Å². The van der Waals surface area contributed by atoms with Crippen molar-refractivity contribution in [2.75, 3.05) is 0 Å². The van der Waals surface area contributed by atoms with Crippen molar-refractivity contribution in [2.45, 2.75) is 19.3 Å². The average molecular weight is 251 g/mol. The molecule has 0 saturated heterocycles. The maximum absolute atomic E-state index is 13.1. The molecule has 19 heavy (non-hydrogen) atoms. The molecule has 1 nitrogen and oxygen atoms in total. The number of hydrogen-bond donors (Lipinski definition) is 0. The lowest BCUT2D eigenvalue weighted by Crippen LogP contribution is -2.01. The molecule has 0 radical (unpaired) electrons. The number of rotatable bonds is 1. The van der Waals surface area contributed by atoms with E-state index in [9.17, 15) is 4.39 Å². The number of pyridine rings is 1. The van der Waals surface area contributed by atoms with E-state index in [0.29, 0.717) is 0 Å². The summed E-state index contributed by atoms with van der Waals surface area (Å²) in [6, 6.07) is 11.1. The first-order valence-corrected chi connectivity index (χ1v) is 6.70. The Kier molecular flexibility index (Phi) is 2.25. The summed E-state index contributed by atoms with van der Waals surface area (Å²) in [6.45, 7) is 0. The van der Waals surface area contributed by atoms with Gasteiger partial charge < -0.3 is 4.40 Å². The Balaban J connectivity index is 2.01. The molecule has 2 aromatic heterocycles. The minimum absolute atomic E-state index is 0.179. The molecule has 0 fully saturated rings. The summed E-state index contributed by atoms with van der Waals surface area (Å²) < 4.78 is 15.3. The van der Waals surface area contributed by atoms with Crippen LogP contribution in [0.2, 0.25) is 0 Å². The van der Waals surface area contributed by atoms with Crippen LogP contribution in [0.5, 0.6) is 0 Å². The Morgan fingerprint density at radius 1 is 1.00 bits per heavy atom. The van der Waals surface area contributed by atoms with Crippen molar-refractivity contribution < 1.29 is 4.39 Å². The second kappa shape index (κ2) is 3.95. The fourth-order valence-electron chi connectivity index (χ4n) is 3.16. The van der Waals surface area contributed by atoms with Gasteiger partial charge in [0, 0.05) is 18.0 Å². The second-order valence-corrected chi connectivity index (χ2v) is 5.17. The fraction of sp³-hybridized carbons (Fsp3) is 0.176. The molecule has 0 spiro atoms. The molecule has 0 atom stereocenters. The van der Waals surface area contributed by atoms with Gasteiger partial charge in [0.05, 0.1) is 5.52 Å². The van der Waals surface area contributed by atoms with E-state index < -0.39 is 0 Å². The molecule has 2 heterocycles. The maximum Gasteiger partial charge on any atom is 0.123 e. The van der Waals surface area contributed by atoms with Crippen LogP contribution in [-0.4, -0.2) is 4.40 Å². The highest BCUT2D eigenvalue weighted by Gasteiger charge is 2.18. The van der Waals surface area contributed by atoms with Crippen molar-refractivity contribution in [3.8, 4) is 11.1 Å². The third kappa shape index (κ3) is 1.60. The minimum Gasteiger partial charge on any atom is -0.323 e. The van der Waals surface area contributed by atoms with Crippen LogP contribution in [0.3, 0.4) is 0 Å². The van der Waals surface area contributed by atoms with Crippen LogP contribution < -0.4 is 0 Å². The molecular formula is C17H14FN. The van der Waals surface area contributed by atoms with Gasteiger partial charge in [-0.2, -0.15) is 0 Å². The quantitative estimate of drug-likeness (QED) is 0.609. The standard InChI is InChI=1S/C17H14FN/c18-14-8-6-12(7-9-14)16-11-19-10-2-4-13-3-1-5-15(16)17(13)19/h2,4,6-11H,1,3,5H2. The van der Waals surface area contributed by atoms with Gasteiger partial charge in [-0.3, -0.25) is 0 Å². The van der Waals surface area contributed by atoms with E-state index >= 15 is 0 Å². The van der Waals surface area contributed by atoms with Crippen LogP contribution in [0, 0.1) is 5.82 Å². The molecule has 1 aliphatic rings. The van der Waals surface area contributed by atoms with E-state index in [-0.39, 0.29) is 5.82 Å². The molecule has 0 aliphatic heterocycles. The third-order valence-corrected chi connectivity index (χ3v) is 4.01. The lowest BCUT2D eigenvalue weighted by atomic mass is 9.92. The van der Waals surface area contributed by atoms with Crippen LogP contribution in [-0.2, 0) is 12.8 Å². The van der Waals surface area contributed by atoms with Gasteiger partial charge in [0.1, 0.15) is 5.82 Å². The molecule has 0 bridgehead atoms. The highest BCUT2D eigenvalue weighted by atomic mass is 19.1.